The molecule has 0 bridgehead atoms. The van der Waals surface area contributed by atoms with Crippen molar-refractivity contribution in [3.8, 4) is 5.69 Å². The zero-order valence-electron chi connectivity index (χ0n) is 11.6. The number of aromatic nitrogens is 2. The summed E-state index contributed by atoms with van der Waals surface area (Å²) in [5.74, 6) is 0. The van der Waals surface area contributed by atoms with Crippen molar-refractivity contribution in [2.24, 2.45) is 0 Å². The van der Waals surface area contributed by atoms with Gasteiger partial charge in [-0.1, -0.05) is 18.2 Å². The standard InChI is InChI=1S/C16H13F3N2/c1-10-8-13-15(14(11(10)2)16(17,18)19)20-9-21(13)12-6-4-3-5-7-12/h3-9H,1-2H3. The molecule has 0 aliphatic carbocycles. The van der Waals surface area contributed by atoms with Gasteiger partial charge in [0, 0.05) is 5.69 Å². The van der Waals surface area contributed by atoms with E-state index in [9.17, 15) is 13.2 Å². The molecule has 3 aromatic rings. The van der Waals surface area contributed by atoms with E-state index in [1.807, 2.05) is 30.3 Å². The summed E-state index contributed by atoms with van der Waals surface area (Å²) in [5, 5.41) is 0. The van der Waals surface area contributed by atoms with Crippen LogP contribution in [0.4, 0.5) is 13.2 Å². The topological polar surface area (TPSA) is 17.8 Å². The molecular formula is C16H13F3N2. The fourth-order valence-electron chi connectivity index (χ4n) is 2.52. The van der Waals surface area contributed by atoms with Crippen LogP contribution >= 0.6 is 0 Å². The first-order valence-corrected chi connectivity index (χ1v) is 6.49. The number of para-hydroxylation sites is 1. The van der Waals surface area contributed by atoms with E-state index in [0.717, 1.165) is 5.69 Å². The number of alkyl halides is 3. The van der Waals surface area contributed by atoms with Gasteiger partial charge in [0.2, 0.25) is 0 Å². The summed E-state index contributed by atoms with van der Waals surface area (Å²) in [4.78, 5) is 4.01. The first-order chi connectivity index (χ1) is 9.89. The Morgan fingerprint density at radius 1 is 1.05 bits per heavy atom. The van der Waals surface area contributed by atoms with Crippen LogP contribution in [0, 0.1) is 13.8 Å². The van der Waals surface area contributed by atoms with Crippen LogP contribution in [-0.4, -0.2) is 9.55 Å². The average molecular weight is 290 g/mol. The Balaban J connectivity index is 2.37. The Kier molecular flexibility index (Phi) is 3.01. The lowest BCUT2D eigenvalue weighted by molar-refractivity contribution is -0.136. The van der Waals surface area contributed by atoms with Gasteiger partial charge in [0.15, 0.2) is 0 Å². The molecule has 0 spiro atoms. The van der Waals surface area contributed by atoms with Crippen molar-refractivity contribution in [3.05, 3.63) is 59.4 Å². The maximum atomic E-state index is 13.3. The maximum Gasteiger partial charge on any atom is 0.418 e. The highest BCUT2D eigenvalue weighted by Crippen LogP contribution is 2.38. The molecule has 21 heavy (non-hydrogen) atoms. The molecule has 2 nitrogen and oxygen atoms in total. The first-order valence-electron chi connectivity index (χ1n) is 6.49. The van der Waals surface area contributed by atoms with Crippen LogP contribution in [0.1, 0.15) is 16.7 Å². The van der Waals surface area contributed by atoms with Gasteiger partial charge in [-0.2, -0.15) is 13.2 Å². The molecule has 0 saturated heterocycles. The molecule has 0 fully saturated rings. The molecule has 1 heterocycles. The molecule has 5 heteroatoms. The normalized spacial score (nSPS) is 12.0. The lowest BCUT2D eigenvalue weighted by Gasteiger charge is -2.14. The molecular weight excluding hydrogens is 277 g/mol. The molecule has 0 saturated carbocycles. The first kappa shape index (κ1) is 13.7. The van der Waals surface area contributed by atoms with E-state index in [4.69, 9.17) is 0 Å². The van der Waals surface area contributed by atoms with E-state index < -0.39 is 11.7 Å². The molecule has 0 N–H and O–H groups in total. The van der Waals surface area contributed by atoms with Crippen molar-refractivity contribution in [2.45, 2.75) is 20.0 Å². The van der Waals surface area contributed by atoms with Gasteiger partial charge in [0.1, 0.15) is 11.8 Å². The van der Waals surface area contributed by atoms with Gasteiger partial charge < -0.3 is 0 Å². The van der Waals surface area contributed by atoms with Crippen LogP contribution in [0.5, 0.6) is 0 Å². The minimum Gasteiger partial charge on any atom is -0.299 e. The SMILES string of the molecule is Cc1cc2c(ncn2-c2ccccc2)c(C(F)(F)F)c1C. The summed E-state index contributed by atoms with van der Waals surface area (Å²) < 4.78 is 41.6. The number of nitrogens with zero attached hydrogens (tertiary/aromatic N) is 2. The second-order valence-corrected chi connectivity index (χ2v) is 5.01. The van der Waals surface area contributed by atoms with Crippen molar-refractivity contribution in [3.63, 3.8) is 0 Å². The number of hydrogen-bond donors (Lipinski definition) is 0. The van der Waals surface area contributed by atoms with Gasteiger partial charge in [-0.15, -0.1) is 0 Å². The third-order valence-corrected chi connectivity index (χ3v) is 3.68. The molecule has 1 aromatic heterocycles. The van der Waals surface area contributed by atoms with Gasteiger partial charge in [-0.25, -0.2) is 4.98 Å². The van der Waals surface area contributed by atoms with Crippen molar-refractivity contribution in [1.82, 2.24) is 9.55 Å². The van der Waals surface area contributed by atoms with E-state index in [0.29, 0.717) is 11.1 Å². The fourth-order valence-corrected chi connectivity index (χ4v) is 2.52. The molecule has 0 radical (unpaired) electrons. The summed E-state index contributed by atoms with van der Waals surface area (Å²) in [6, 6.07) is 11.0. The summed E-state index contributed by atoms with van der Waals surface area (Å²) in [7, 11) is 0. The predicted octanol–water partition coefficient (Wildman–Crippen LogP) is 4.66. The van der Waals surface area contributed by atoms with Crippen LogP contribution in [0.2, 0.25) is 0 Å². The van der Waals surface area contributed by atoms with Crippen molar-refractivity contribution < 1.29 is 13.2 Å². The average Bonchev–Trinajstić information content (AvgIpc) is 2.82. The third kappa shape index (κ3) is 2.18. The van der Waals surface area contributed by atoms with Gasteiger partial charge in [-0.05, 0) is 43.2 Å². The molecule has 0 atom stereocenters. The second-order valence-electron chi connectivity index (χ2n) is 5.01. The highest BCUT2D eigenvalue weighted by atomic mass is 19.4. The zero-order valence-corrected chi connectivity index (χ0v) is 11.6. The van der Waals surface area contributed by atoms with Crippen LogP contribution < -0.4 is 0 Å². The van der Waals surface area contributed by atoms with Gasteiger partial charge in [-0.3, -0.25) is 4.57 Å². The van der Waals surface area contributed by atoms with E-state index in [2.05, 4.69) is 4.98 Å². The lowest BCUT2D eigenvalue weighted by atomic mass is 10.0. The van der Waals surface area contributed by atoms with Gasteiger partial charge in [0.25, 0.3) is 0 Å². The van der Waals surface area contributed by atoms with Crippen molar-refractivity contribution >= 4 is 11.0 Å². The van der Waals surface area contributed by atoms with E-state index in [1.165, 1.54) is 13.3 Å². The Hall–Kier alpha value is -2.30. The van der Waals surface area contributed by atoms with Crippen molar-refractivity contribution in [1.29, 1.82) is 0 Å². The minimum atomic E-state index is -4.41. The monoisotopic (exact) mass is 290 g/mol. The fraction of sp³-hybridized carbons (Fsp3) is 0.188. The number of halogens is 3. The molecule has 2 aromatic carbocycles. The summed E-state index contributed by atoms with van der Waals surface area (Å²) in [6.45, 7) is 3.17. The van der Waals surface area contributed by atoms with Gasteiger partial charge in [0.05, 0.1) is 11.1 Å². The quantitative estimate of drug-likeness (QED) is 0.637. The van der Waals surface area contributed by atoms with Crippen molar-refractivity contribution in [2.75, 3.05) is 0 Å². The Bertz CT molecular complexity index is 802. The van der Waals surface area contributed by atoms with E-state index >= 15 is 0 Å². The highest BCUT2D eigenvalue weighted by Gasteiger charge is 2.36. The summed E-state index contributed by atoms with van der Waals surface area (Å²) in [5.41, 5.74) is 1.44. The molecule has 108 valence electrons. The molecule has 0 aliphatic rings. The number of fused-ring (bicyclic) bond motifs is 1. The number of benzene rings is 2. The van der Waals surface area contributed by atoms with Crippen LogP contribution in [0.3, 0.4) is 0 Å². The van der Waals surface area contributed by atoms with E-state index in [1.54, 1.807) is 17.6 Å². The minimum absolute atomic E-state index is 0.00514. The number of imidazole rings is 1. The highest BCUT2D eigenvalue weighted by molar-refractivity contribution is 5.83. The smallest absolute Gasteiger partial charge is 0.299 e. The van der Waals surface area contributed by atoms with E-state index in [-0.39, 0.29) is 11.1 Å². The summed E-state index contributed by atoms with van der Waals surface area (Å²) >= 11 is 0. The number of rotatable bonds is 1. The Morgan fingerprint density at radius 2 is 1.71 bits per heavy atom. The largest absolute Gasteiger partial charge is 0.418 e. The molecule has 3 rings (SSSR count). The molecule has 0 unspecified atom stereocenters. The maximum absolute atomic E-state index is 13.3. The van der Waals surface area contributed by atoms with Gasteiger partial charge >= 0.3 is 6.18 Å². The zero-order chi connectivity index (χ0) is 15.2. The van der Waals surface area contributed by atoms with Crippen LogP contribution in [-0.2, 0) is 6.18 Å². The predicted molar refractivity (Wildman–Crippen MR) is 75.5 cm³/mol. The van der Waals surface area contributed by atoms with Crippen LogP contribution in [0.25, 0.3) is 16.7 Å². The lowest BCUT2D eigenvalue weighted by Crippen LogP contribution is -2.10. The Labute approximate surface area is 119 Å². The number of aryl methyl sites for hydroxylation is 1. The second kappa shape index (κ2) is 4.62. The molecule has 0 amide bonds. The summed E-state index contributed by atoms with van der Waals surface area (Å²) in [6.07, 6.45) is -2.97. The Morgan fingerprint density at radius 3 is 2.33 bits per heavy atom. The third-order valence-electron chi connectivity index (χ3n) is 3.68. The molecule has 0 aliphatic heterocycles. The number of hydrogen-bond acceptors (Lipinski definition) is 1. The van der Waals surface area contributed by atoms with Crippen LogP contribution in [0.15, 0.2) is 42.7 Å².